The number of nitrogens with two attached hydrogens (primary N) is 1. The van der Waals surface area contributed by atoms with Crippen molar-refractivity contribution in [1.82, 2.24) is 24.8 Å². The van der Waals surface area contributed by atoms with Crippen molar-refractivity contribution in [3.8, 4) is 5.69 Å². The van der Waals surface area contributed by atoms with Crippen LogP contribution in [0.25, 0.3) is 5.69 Å². The first kappa shape index (κ1) is 13.0. The van der Waals surface area contributed by atoms with Crippen LogP contribution in [0.2, 0.25) is 0 Å². The third-order valence-corrected chi connectivity index (χ3v) is 3.67. The number of rotatable bonds is 3. The fourth-order valence-corrected chi connectivity index (χ4v) is 2.62. The molecule has 7 heteroatoms. The highest BCUT2D eigenvalue weighted by atomic mass is 79.9. The summed E-state index contributed by atoms with van der Waals surface area (Å²) in [6, 6.07) is 9.56. The molecule has 20 heavy (non-hydrogen) atoms. The summed E-state index contributed by atoms with van der Waals surface area (Å²) in [6.07, 6.45) is 3.68. The van der Waals surface area contributed by atoms with E-state index in [1.54, 1.807) is 15.6 Å². The molecule has 0 amide bonds. The van der Waals surface area contributed by atoms with E-state index in [0.717, 1.165) is 16.9 Å². The molecule has 2 heterocycles. The molecule has 102 valence electrons. The number of nitrogens with zero attached hydrogens (tertiary/aromatic N) is 5. The second kappa shape index (κ2) is 5.18. The van der Waals surface area contributed by atoms with E-state index in [9.17, 15) is 0 Å². The summed E-state index contributed by atoms with van der Waals surface area (Å²) in [7, 11) is 1.81. The van der Waals surface area contributed by atoms with Gasteiger partial charge in [0.05, 0.1) is 23.6 Å². The van der Waals surface area contributed by atoms with E-state index in [4.69, 9.17) is 5.73 Å². The molecule has 0 spiro atoms. The second-order valence-electron chi connectivity index (χ2n) is 4.42. The summed E-state index contributed by atoms with van der Waals surface area (Å²) in [6.45, 7) is 0. The van der Waals surface area contributed by atoms with E-state index in [-0.39, 0.29) is 6.04 Å². The largest absolute Gasteiger partial charge is 0.319 e. The monoisotopic (exact) mass is 332 g/mol. The predicted molar refractivity (Wildman–Crippen MR) is 78.3 cm³/mol. The third-order valence-electron chi connectivity index (χ3n) is 3.10. The topological polar surface area (TPSA) is 74.6 Å². The summed E-state index contributed by atoms with van der Waals surface area (Å²) >= 11 is 3.37. The highest BCUT2D eigenvalue weighted by Crippen LogP contribution is 2.24. The first-order valence-corrected chi connectivity index (χ1v) is 6.87. The van der Waals surface area contributed by atoms with E-state index in [1.807, 2.05) is 43.6 Å². The Bertz CT molecular complexity index is 698. The van der Waals surface area contributed by atoms with Crippen molar-refractivity contribution in [1.29, 1.82) is 0 Å². The molecule has 3 rings (SSSR count). The zero-order valence-corrected chi connectivity index (χ0v) is 12.4. The van der Waals surface area contributed by atoms with Crippen molar-refractivity contribution in [2.45, 2.75) is 6.04 Å². The SMILES string of the molecule is Cn1nnc(Br)c1C(N)c1cnn(-c2ccccc2)c1. The van der Waals surface area contributed by atoms with Gasteiger partial charge in [-0.15, -0.1) is 5.10 Å². The number of aryl methyl sites for hydroxylation is 1. The van der Waals surface area contributed by atoms with Crippen molar-refractivity contribution >= 4 is 15.9 Å². The average Bonchev–Trinajstić information content (AvgIpc) is 3.07. The van der Waals surface area contributed by atoms with E-state index < -0.39 is 0 Å². The minimum Gasteiger partial charge on any atom is -0.319 e. The summed E-state index contributed by atoms with van der Waals surface area (Å²) in [5, 5.41) is 12.2. The van der Waals surface area contributed by atoms with Gasteiger partial charge >= 0.3 is 0 Å². The quantitative estimate of drug-likeness (QED) is 0.793. The molecular formula is C13H13BrN6. The first-order valence-electron chi connectivity index (χ1n) is 6.07. The standard InChI is InChI=1S/C13H13BrN6/c1-19-12(13(14)17-18-19)11(15)9-7-16-20(8-9)10-5-3-2-4-6-10/h2-8,11H,15H2,1H3. The maximum atomic E-state index is 6.27. The van der Waals surface area contributed by atoms with Gasteiger partial charge in [-0.05, 0) is 28.1 Å². The molecule has 0 aliphatic rings. The van der Waals surface area contributed by atoms with Crippen LogP contribution in [0.3, 0.4) is 0 Å². The fraction of sp³-hybridized carbons (Fsp3) is 0.154. The normalized spacial score (nSPS) is 12.6. The number of para-hydroxylation sites is 1. The lowest BCUT2D eigenvalue weighted by Gasteiger charge is -2.09. The molecule has 0 aliphatic heterocycles. The van der Waals surface area contributed by atoms with Gasteiger partial charge in [0.15, 0.2) is 4.60 Å². The minimum atomic E-state index is -0.332. The molecule has 0 fully saturated rings. The van der Waals surface area contributed by atoms with Crippen LogP contribution in [0.4, 0.5) is 0 Å². The minimum absolute atomic E-state index is 0.332. The summed E-state index contributed by atoms with van der Waals surface area (Å²) in [5.41, 5.74) is 8.98. The van der Waals surface area contributed by atoms with Crippen molar-refractivity contribution in [2.75, 3.05) is 0 Å². The Morgan fingerprint density at radius 3 is 2.65 bits per heavy atom. The fourth-order valence-electron chi connectivity index (χ4n) is 2.05. The van der Waals surface area contributed by atoms with E-state index >= 15 is 0 Å². The van der Waals surface area contributed by atoms with Crippen LogP contribution in [0.1, 0.15) is 17.3 Å². The molecule has 6 nitrogen and oxygen atoms in total. The molecule has 1 aromatic carbocycles. The van der Waals surface area contributed by atoms with Gasteiger partial charge < -0.3 is 5.73 Å². The van der Waals surface area contributed by atoms with Crippen molar-refractivity contribution in [2.24, 2.45) is 12.8 Å². The summed E-state index contributed by atoms with van der Waals surface area (Å²) in [4.78, 5) is 0. The molecular weight excluding hydrogens is 320 g/mol. The molecule has 3 aromatic rings. The van der Waals surface area contributed by atoms with Crippen LogP contribution in [0, 0.1) is 0 Å². The molecule has 0 saturated carbocycles. The van der Waals surface area contributed by atoms with E-state index in [0.29, 0.717) is 4.60 Å². The van der Waals surface area contributed by atoms with Crippen LogP contribution in [0.5, 0.6) is 0 Å². The Morgan fingerprint density at radius 1 is 1.25 bits per heavy atom. The molecule has 0 aliphatic carbocycles. The van der Waals surface area contributed by atoms with Gasteiger partial charge in [0.1, 0.15) is 0 Å². The van der Waals surface area contributed by atoms with E-state index in [2.05, 4.69) is 31.3 Å². The smallest absolute Gasteiger partial charge is 0.153 e. The van der Waals surface area contributed by atoms with Gasteiger partial charge in [-0.1, -0.05) is 23.4 Å². The van der Waals surface area contributed by atoms with E-state index in [1.165, 1.54) is 0 Å². The van der Waals surface area contributed by atoms with Crippen molar-refractivity contribution in [3.05, 3.63) is 58.6 Å². The number of hydrogen-bond donors (Lipinski definition) is 1. The van der Waals surface area contributed by atoms with Gasteiger partial charge in [-0.3, -0.25) is 0 Å². The number of aromatic nitrogens is 5. The molecule has 0 radical (unpaired) electrons. The summed E-state index contributed by atoms with van der Waals surface area (Å²) in [5.74, 6) is 0. The van der Waals surface area contributed by atoms with Crippen molar-refractivity contribution < 1.29 is 0 Å². The molecule has 0 bridgehead atoms. The van der Waals surface area contributed by atoms with Gasteiger partial charge in [-0.25, -0.2) is 9.36 Å². The first-order chi connectivity index (χ1) is 9.66. The highest BCUT2D eigenvalue weighted by molar-refractivity contribution is 9.10. The van der Waals surface area contributed by atoms with Crippen LogP contribution < -0.4 is 5.73 Å². The average molecular weight is 333 g/mol. The zero-order valence-electron chi connectivity index (χ0n) is 10.8. The maximum Gasteiger partial charge on any atom is 0.153 e. The highest BCUT2D eigenvalue weighted by Gasteiger charge is 2.19. The van der Waals surface area contributed by atoms with Crippen LogP contribution in [-0.4, -0.2) is 24.8 Å². The van der Waals surface area contributed by atoms with Crippen LogP contribution in [-0.2, 0) is 7.05 Å². The van der Waals surface area contributed by atoms with Gasteiger partial charge in [0.2, 0.25) is 0 Å². The number of halogens is 1. The lowest BCUT2D eigenvalue weighted by Crippen LogP contribution is -2.16. The molecule has 2 N–H and O–H groups in total. The van der Waals surface area contributed by atoms with Gasteiger partial charge in [-0.2, -0.15) is 5.10 Å². The Balaban J connectivity index is 1.95. The molecule has 1 atom stereocenters. The maximum absolute atomic E-state index is 6.27. The molecule has 2 aromatic heterocycles. The zero-order chi connectivity index (χ0) is 14.1. The van der Waals surface area contributed by atoms with Crippen molar-refractivity contribution in [3.63, 3.8) is 0 Å². The second-order valence-corrected chi connectivity index (χ2v) is 5.17. The van der Waals surface area contributed by atoms with Gasteiger partial charge in [0.25, 0.3) is 0 Å². The Labute approximate surface area is 124 Å². The molecule has 1 unspecified atom stereocenters. The molecule has 0 saturated heterocycles. The lowest BCUT2D eigenvalue weighted by atomic mass is 10.1. The lowest BCUT2D eigenvalue weighted by molar-refractivity contribution is 0.650. The van der Waals surface area contributed by atoms with Crippen LogP contribution >= 0.6 is 15.9 Å². The summed E-state index contributed by atoms with van der Waals surface area (Å²) < 4.78 is 4.11. The third kappa shape index (κ3) is 2.25. The van der Waals surface area contributed by atoms with Gasteiger partial charge in [0, 0.05) is 18.8 Å². The number of benzene rings is 1. The Hall–Kier alpha value is -1.99. The predicted octanol–water partition coefficient (Wildman–Crippen LogP) is 1.81. The number of hydrogen-bond acceptors (Lipinski definition) is 4. The van der Waals surface area contributed by atoms with Crippen LogP contribution in [0.15, 0.2) is 47.3 Å². The Kier molecular flexibility index (Phi) is 3.37. The Morgan fingerprint density at radius 2 is 2.00 bits per heavy atom.